The molecule has 1 unspecified atom stereocenters. The molecule has 2 aromatic carbocycles. The molecule has 0 saturated heterocycles. The maximum Gasteiger partial charge on any atom is 0.161 e. The number of halogens is 2. The molecule has 0 spiro atoms. The molecule has 0 heterocycles. The van der Waals surface area contributed by atoms with E-state index in [0.29, 0.717) is 36.7 Å². The molecule has 0 aliphatic rings. The quantitative estimate of drug-likeness (QED) is 0.791. The third-order valence-corrected chi connectivity index (χ3v) is 3.77. The highest BCUT2D eigenvalue weighted by Crippen LogP contribution is 2.31. The Kier molecular flexibility index (Phi) is 6.55. The van der Waals surface area contributed by atoms with E-state index in [0.717, 1.165) is 17.7 Å². The minimum Gasteiger partial charge on any atom is -0.490 e. The Balaban J connectivity index is 2.27. The number of nitrogens with two attached hydrogens (primary N) is 1. The lowest BCUT2D eigenvalue weighted by atomic mass is 9.91. The molecule has 0 aromatic heterocycles. The highest BCUT2D eigenvalue weighted by Gasteiger charge is 2.17. The van der Waals surface area contributed by atoms with E-state index in [4.69, 9.17) is 15.2 Å². The summed E-state index contributed by atoms with van der Waals surface area (Å²) in [5.41, 5.74) is 7.03. The van der Waals surface area contributed by atoms with Gasteiger partial charge in [0, 0.05) is 5.92 Å². The summed E-state index contributed by atoms with van der Waals surface area (Å²) in [5.74, 6) is 0.0964. The molecule has 24 heavy (non-hydrogen) atoms. The Bertz CT molecular complexity index is 676. The van der Waals surface area contributed by atoms with Crippen molar-refractivity contribution in [1.29, 1.82) is 0 Å². The third-order valence-electron chi connectivity index (χ3n) is 3.77. The van der Waals surface area contributed by atoms with Gasteiger partial charge in [-0.3, -0.25) is 0 Å². The van der Waals surface area contributed by atoms with Crippen molar-refractivity contribution in [3.63, 3.8) is 0 Å². The zero-order valence-electron chi connectivity index (χ0n) is 14.0. The first-order valence-corrected chi connectivity index (χ1v) is 8.12. The van der Waals surface area contributed by atoms with E-state index in [2.05, 4.69) is 0 Å². The van der Waals surface area contributed by atoms with E-state index in [-0.39, 0.29) is 12.5 Å². The molecule has 3 nitrogen and oxygen atoms in total. The lowest BCUT2D eigenvalue weighted by Crippen LogP contribution is -2.16. The summed E-state index contributed by atoms with van der Waals surface area (Å²) in [6, 6.07) is 9.06. The molecular formula is C19H23F2NO2. The van der Waals surface area contributed by atoms with Gasteiger partial charge < -0.3 is 15.2 Å². The molecule has 0 bridgehead atoms. The first-order valence-electron chi connectivity index (χ1n) is 8.12. The molecule has 5 heteroatoms. The van der Waals surface area contributed by atoms with Crippen molar-refractivity contribution in [3.8, 4) is 11.5 Å². The van der Waals surface area contributed by atoms with Gasteiger partial charge in [-0.25, -0.2) is 8.78 Å². The van der Waals surface area contributed by atoms with E-state index in [1.165, 1.54) is 6.07 Å². The molecule has 2 N–H and O–H groups in total. The smallest absolute Gasteiger partial charge is 0.161 e. The predicted molar refractivity (Wildman–Crippen MR) is 90.6 cm³/mol. The van der Waals surface area contributed by atoms with Crippen molar-refractivity contribution < 1.29 is 18.3 Å². The van der Waals surface area contributed by atoms with Crippen LogP contribution in [0.5, 0.6) is 11.5 Å². The minimum atomic E-state index is -0.466. The molecule has 0 fully saturated rings. The maximum atomic E-state index is 14.0. The Morgan fingerprint density at radius 1 is 0.958 bits per heavy atom. The fourth-order valence-electron chi connectivity index (χ4n) is 2.65. The van der Waals surface area contributed by atoms with Crippen LogP contribution in [0, 0.1) is 11.6 Å². The van der Waals surface area contributed by atoms with Crippen molar-refractivity contribution >= 4 is 0 Å². The molecule has 0 radical (unpaired) electrons. The molecule has 0 saturated carbocycles. The second kappa shape index (κ2) is 8.64. The van der Waals surface area contributed by atoms with Crippen molar-refractivity contribution in [2.24, 2.45) is 5.73 Å². The Morgan fingerprint density at radius 2 is 1.67 bits per heavy atom. The standard InChI is InChI=1S/C19H23F2NO2/c1-3-23-18-8-5-13(10-19(18)24-4-2)9-14(12-22)16-11-15(20)6-7-17(16)21/h5-8,10-11,14H,3-4,9,12,22H2,1-2H3. The third kappa shape index (κ3) is 4.45. The molecule has 2 rings (SSSR count). The zero-order chi connectivity index (χ0) is 17.5. The minimum absolute atomic E-state index is 0.220. The van der Waals surface area contributed by atoms with E-state index in [9.17, 15) is 8.78 Å². The summed E-state index contributed by atoms with van der Waals surface area (Å²) in [6.07, 6.45) is 0.489. The molecule has 2 aromatic rings. The summed E-state index contributed by atoms with van der Waals surface area (Å²) in [4.78, 5) is 0. The van der Waals surface area contributed by atoms with Crippen LogP contribution in [0.3, 0.4) is 0 Å². The van der Waals surface area contributed by atoms with Gasteiger partial charge in [0.15, 0.2) is 11.5 Å². The monoisotopic (exact) mass is 335 g/mol. The highest BCUT2D eigenvalue weighted by molar-refractivity contribution is 5.43. The topological polar surface area (TPSA) is 44.5 Å². The zero-order valence-corrected chi connectivity index (χ0v) is 14.0. The second-order valence-corrected chi connectivity index (χ2v) is 5.45. The van der Waals surface area contributed by atoms with Crippen molar-refractivity contribution in [1.82, 2.24) is 0 Å². The molecule has 1 atom stereocenters. The average molecular weight is 335 g/mol. The van der Waals surface area contributed by atoms with Crippen LogP contribution >= 0.6 is 0 Å². The first-order chi connectivity index (χ1) is 11.6. The fourth-order valence-corrected chi connectivity index (χ4v) is 2.65. The number of ether oxygens (including phenoxy) is 2. The van der Waals surface area contributed by atoms with Gasteiger partial charge in [0.05, 0.1) is 13.2 Å². The molecule has 0 aliphatic carbocycles. The maximum absolute atomic E-state index is 14.0. The molecule has 130 valence electrons. The van der Waals surface area contributed by atoms with Gasteiger partial charge in [-0.05, 0) is 68.3 Å². The summed E-state index contributed by atoms with van der Waals surface area (Å²) >= 11 is 0. The van der Waals surface area contributed by atoms with E-state index >= 15 is 0 Å². The van der Waals surface area contributed by atoms with Crippen LogP contribution in [0.25, 0.3) is 0 Å². The van der Waals surface area contributed by atoms with Gasteiger partial charge in [-0.1, -0.05) is 6.07 Å². The van der Waals surface area contributed by atoms with Crippen LogP contribution in [0.4, 0.5) is 8.78 Å². The van der Waals surface area contributed by atoms with Gasteiger partial charge >= 0.3 is 0 Å². The second-order valence-electron chi connectivity index (χ2n) is 5.45. The molecule has 0 amide bonds. The number of benzene rings is 2. The summed E-state index contributed by atoms with van der Waals surface area (Å²) in [7, 11) is 0. The molecule has 0 aliphatic heterocycles. The lowest BCUT2D eigenvalue weighted by molar-refractivity contribution is 0.287. The van der Waals surface area contributed by atoms with Crippen molar-refractivity contribution in [2.45, 2.75) is 26.2 Å². The van der Waals surface area contributed by atoms with Crippen molar-refractivity contribution in [2.75, 3.05) is 19.8 Å². The van der Waals surface area contributed by atoms with Crippen molar-refractivity contribution in [3.05, 3.63) is 59.2 Å². The van der Waals surface area contributed by atoms with Gasteiger partial charge in [-0.15, -0.1) is 0 Å². The van der Waals surface area contributed by atoms with Gasteiger partial charge in [0.2, 0.25) is 0 Å². The van der Waals surface area contributed by atoms with Gasteiger partial charge in [0.25, 0.3) is 0 Å². The Morgan fingerprint density at radius 3 is 2.33 bits per heavy atom. The lowest BCUT2D eigenvalue weighted by Gasteiger charge is -2.18. The largest absolute Gasteiger partial charge is 0.490 e. The van der Waals surface area contributed by atoms with Crippen LogP contribution in [0.15, 0.2) is 36.4 Å². The number of hydrogen-bond donors (Lipinski definition) is 1. The Hall–Kier alpha value is -2.14. The SMILES string of the molecule is CCOc1ccc(CC(CN)c2cc(F)ccc2F)cc1OCC. The van der Waals surface area contributed by atoms with Crippen LogP contribution in [0.2, 0.25) is 0 Å². The van der Waals surface area contributed by atoms with Crippen LogP contribution in [0.1, 0.15) is 30.9 Å². The van der Waals surface area contributed by atoms with Crippen LogP contribution < -0.4 is 15.2 Å². The normalized spacial score (nSPS) is 12.0. The van der Waals surface area contributed by atoms with Gasteiger partial charge in [0.1, 0.15) is 11.6 Å². The summed E-state index contributed by atoms with van der Waals surface area (Å²) < 4.78 is 38.6. The summed E-state index contributed by atoms with van der Waals surface area (Å²) in [5, 5.41) is 0. The van der Waals surface area contributed by atoms with Crippen LogP contribution in [-0.2, 0) is 6.42 Å². The number of rotatable bonds is 8. The Labute approximate surface area is 141 Å². The number of hydrogen-bond acceptors (Lipinski definition) is 3. The van der Waals surface area contributed by atoms with E-state index < -0.39 is 11.6 Å². The summed E-state index contributed by atoms with van der Waals surface area (Å²) in [6.45, 7) is 5.08. The fraction of sp³-hybridized carbons (Fsp3) is 0.368. The van der Waals surface area contributed by atoms with E-state index in [1.807, 2.05) is 32.0 Å². The average Bonchev–Trinajstić information content (AvgIpc) is 2.57. The molecular weight excluding hydrogens is 312 g/mol. The van der Waals surface area contributed by atoms with E-state index in [1.54, 1.807) is 0 Å². The van der Waals surface area contributed by atoms with Gasteiger partial charge in [-0.2, -0.15) is 0 Å². The first kappa shape index (κ1) is 18.2. The predicted octanol–water partition coefficient (Wildman–Crippen LogP) is 4.05. The van der Waals surface area contributed by atoms with Crippen LogP contribution in [-0.4, -0.2) is 19.8 Å². The highest BCUT2D eigenvalue weighted by atomic mass is 19.1.